The van der Waals surface area contributed by atoms with Crippen LogP contribution in [0.4, 0.5) is 0 Å². The van der Waals surface area contributed by atoms with Crippen LogP contribution in [-0.2, 0) is 14.3 Å². The summed E-state index contributed by atoms with van der Waals surface area (Å²) in [5, 5.41) is 12.8. The quantitative estimate of drug-likeness (QED) is 0.730. The van der Waals surface area contributed by atoms with Gasteiger partial charge in [-0.2, -0.15) is 0 Å². The maximum absolute atomic E-state index is 13.1. The topological polar surface area (TPSA) is 78.9 Å². The van der Waals surface area contributed by atoms with Crippen LogP contribution in [0.5, 0.6) is 0 Å². The Bertz CT molecular complexity index is 707. The fraction of sp³-hybridized carbons (Fsp3) is 0.636. The van der Waals surface area contributed by atoms with Crippen molar-refractivity contribution in [2.24, 2.45) is 0 Å². The molecule has 1 aromatic rings. The lowest BCUT2D eigenvalue weighted by Crippen LogP contribution is -2.54. The molecule has 0 amide bonds. The van der Waals surface area contributed by atoms with Crippen molar-refractivity contribution in [3.63, 3.8) is 0 Å². The Morgan fingerprint density at radius 2 is 1.82 bits per heavy atom. The van der Waals surface area contributed by atoms with Crippen molar-refractivity contribution in [2.45, 2.75) is 76.1 Å². The van der Waals surface area contributed by atoms with Gasteiger partial charge in [-0.05, 0) is 52.5 Å². The first-order chi connectivity index (χ1) is 13.1. The van der Waals surface area contributed by atoms with Gasteiger partial charge >= 0.3 is 11.9 Å². The predicted molar refractivity (Wildman–Crippen MR) is 107 cm³/mol. The minimum absolute atomic E-state index is 0.111. The van der Waals surface area contributed by atoms with Crippen molar-refractivity contribution >= 4 is 11.9 Å². The molecule has 2 aliphatic rings. The van der Waals surface area contributed by atoms with Gasteiger partial charge in [0, 0.05) is 25.0 Å². The zero-order valence-corrected chi connectivity index (χ0v) is 17.3. The van der Waals surface area contributed by atoms with Gasteiger partial charge in [-0.15, -0.1) is 0 Å². The zero-order valence-electron chi connectivity index (χ0n) is 17.3. The van der Waals surface area contributed by atoms with E-state index in [9.17, 15) is 14.7 Å². The molecule has 0 radical (unpaired) electrons. The van der Waals surface area contributed by atoms with Crippen molar-refractivity contribution in [3.8, 4) is 0 Å². The van der Waals surface area contributed by atoms with Gasteiger partial charge in [0.2, 0.25) is 0 Å². The van der Waals surface area contributed by atoms with Crippen LogP contribution >= 0.6 is 0 Å². The minimum Gasteiger partial charge on any atom is -0.480 e. The number of carbonyl (C=O) groups is 2. The second kappa shape index (κ2) is 7.84. The molecule has 1 saturated carbocycles. The Balaban J connectivity index is 1.70. The Kier molecular flexibility index (Phi) is 5.82. The molecule has 1 heterocycles. The molecule has 2 fully saturated rings. The van der Waals surface area contributed by atoms with E-state index in [1.807, 2.05) is 43.9 Å². The normalized spacial score (nSPS) is 27.2. The van der Waals surface area contributed by atoms with Gasteiger partial charge in [0.25, 0.3) is 0 Å². The smallest absolute Gasteiger partial charge is 0.327 e. The van der Waals surface area contributed by atoms with Gasteiger partial charge in [0.05, 0.1) is 0 Å². The molecule has 3 atom stereocenters. The molecule has 1 aliphatic carbocycles. The maximum atomic E-state index is 13.1. The summed E-state index contributed by atoms with van der Waals surface area (Å²) in [6, 6.07) is 9.81. The van der Waals surface area contributed by atoms with Crippen molar-refractivity contribution in [3.05, 3.63) is 35.9 Å². The molecule has 154 valence electrons. The number of ether oxygens (including phenoxy) is 1. The van der Waals surface area contributed by atoms with Gasteiger partial charge < -0.3 is 9.84 Å². The van der Waals surface area contributed by atoms with Crippen LogP contribution in [0.15, 0.2) is 30.3 Å². The van der Waals surface area contributed by atoms with Gasteiger partial charge in [-0.1, -0.05) is 30.3 Å². The number of carboxylic acids is 1. The minimum atomic E-state index is -0.789. The van der Waals surface area contributed by atoms with Crippen LogP contribution in [0.2, 0.25) is 0 Å². The Labute approximate surface area is 167 Å². The van der Waals surface area contributed by atoms with Crippen molar-refractivity contribution in [2.75, 3.05) is 13.1 Å². The summed E-state index contributed by atoms with van der Waals surface area (Å²) in [7, 11) is 0. The van der Waals surface area contributed by atoms with Crippen molar-refractivity contribution < 1.29 is 19.4 Å². The van der Waals surface area contributed by atoms with E-state index in [-0.39, 0.29) is 17.9 Å². The predicted octanol–water partition coefficient (Wildman–Crippen LogP) is 2.78. The summed E-state index contributed by atoms with van der Waals surface area (Å²) in [5.74, 6) is -0.863. The number of piperidine rings is 1. The van der Waals surface area contributed by atoms with Crippen LogP contribution < -0.4 is 5.32 Å². The number of esters is 1. The molecule has 0 aromatic heterocycles. The summed E-state index contributed by atoms with van der Waals surface area (Å²) < 4.78 is 5.76. The first-order valence-corrected chi connectivity index (χ1v) is 10.2. The molecule has 1 aliphatic heterocycles. The molecule has 0 bridgehead atoms. The van der Waals surface area contributed by atoms with E-state index >= 15 is 0 Å². The summed E-state index contributed by atoms with van der Waals surface area (Å²) >= 11 is 0. The average Bonchev–Trinajstić information content (AvgIpc) is 3.36. The number of hydrogen-bond donors (Lipinski definition) is 2. The average molecular weight is 389 g/mol. The fourth-order valence-corrected chi connectivity index (χ4v) is 4.12. The van der Waals surface area contributed by atoms with Crippen LogP contribution in [0, 0.1) is 0 Å². The molecule has 6 heteroatoms. The lowest BCUT2D eigenvalue weighted by molar-refractivity contribution is -0.159. The van der Waals surface area contributed by atoms with Crippen LogP contribution in [-0.4, -0.2) is 58.3 Å². The molecule has 1 aromatic carbocycles. The van der Waals surface area contributed by atoms with Crippen LogP contribution in [0.3, 0.4) is 0 Å². The lowest BCUT2D eigenvalue weighted by atomic mass is 9.99. The molecular formula is C22H32N2O4. The molecule has 3 rings (SSSR count). The van der Waals surface area contributed by atoms with Crippen molar-refractivity contribution in [1.82, 2.24) is 10.2 Å². The van der Waals surface area contributed by atoms with Crippen LogP contribution in [0.1, 0.15) is 58.4 Å². The first-order valence-electron chi connectivity index (χ1n) is 10.2. The van der Waals surface area contributed by atoms with E-state index in [1.54, 1.807) is 6.92 Å². The molecule has 2 N–H and O–H groups in total. The number of rotatable bonds is 6. The number of nitrogens with zero attached hydrogens (tertiary/aromatic N) is 1. The lowest BCUT2D eigenvalue weighted by Gasteiger charge is -2.36. The van der Waals surface area contributed by atoms with Gasteiger partial charge in [0.15, 0.2) is 0 Å². The first kappa shape index (κ1) is 20.8. The van der Waals surface area contributed by atoms with Gasteiger partial charge in [-0.3, -0.25) is 19.8 Å². The summed E-state index contributed by atoms with van der Waals surface area (Å²) in [6.45, 7) is 8.83. The number of carboxylic acid groups (broad SMARTS) is 1. The van der Waals surface area contributed by atoms with Crippen molar-refractivity contribution in [1.29, 1.82) is 0 Å². The Morgan fingerprint density at radius 1 is 1.21 bits per heavy atom. The third kappa shape index (κ3) is 4.55. The fourth-order valence-electron chi connectivity index (χ4n) is 4.12. The summed E-state index contributed by atoms with van der Waals surface area (Å²) in [5.41, 5.74) is -0.0618. The van der Waals surface area contributed by atoms with E-state index in [2.05, 4.69) is 17.4 Å². The SMILES string of the molecule is CC(C(=O)O)N1CCC(N[C@]2(C(=O)OC(C)(C)C)C[C@H]2c2ccccc2)CC1. The number of carbonyl (C=O) groups excluding carboxylic acids is 1. The molecule has 6 nitrogen and oxygen atoms in total. The van der Waals surface area contributed by atoms with E-state index in [1.165, 1.54) is 0 Å². The van der Waals surface area contributed by atoms with Gasteiger partial charge in [-0.25, -0.2) is 0 Å². The third-order valence-corrected chi connectivity index (χ3v) is 5.82. The molecule has 28 heavy (non-hydrogen) atoms. The maximum Gasteiger partial charge on any atom is 0.327 e. The monoisotopic (exact) mass is 388 g/mol. The standard InChI is InChI=1S/C22H32N2O4/c1-15(19(25)26)24-12-10-17(11-13-24)23-22(20(27)28-21(2,3)4)14-18(22)16-8-6-5-7-9-16/h5-9,15,17-18,23H,10-14H2,1-4H3,(H,25,26)/t15?,18-,22+/m0/s1. The Morgan fingerprint density at radius 3 is 2.36 bits per heavy atom. The molecule has 0 spiro atoms. The van der Waals surface area contributed by atoms with Gasteiger partial charge in [0.1, 0.15) is 17.2 Å². The Hall–Kier alpha value is -1.92. The third-order valence-electron chi connectivity index (χ3n) is 5.82. The number of nitrogens with one attached hydrogen (secondary N) is 1. The molecule has 1 unspecified atom stereocenters. The molecular weight excluding hydrogens is 356 g/mol. The number of benzene rings is 1. The largest absolute Gasteiger partial charge is 0.480 e. The summed E-state index contributed by atoms with van der Waals surface area (Å²) in [6.07, 6.45) is 2.38. The highest BCUT2D eigenvalue weighted by molar-refractivity contribution is 5.87. The summed E-state index contributed by atoms with van der Waals surface area (Å²) in [4.78, 5) is 26.3. The number of aliphatic carboxylic acids is 1. The van der Waals surface area contributed by atoms with E-state index < -0.39 is 23.2 Å². The van der Waals surface area contributed by atoms with E-state index in [0.29, 0.717) is 13.1 Å². The number of likely N-dealkylation sites (tertiary alicyclic amines) is 1. The zero-order chi connectivity index (χ0) is 20.5. The second-order valence-electron chi connectivity index (χ2n) is 9.11. The highest BCUT2D eigenvalue weighted by Gasteiger charge is 2.63. The second-order valence-corrected chi connectivity index (χ2v) is 9.11. The number of hydrogen-bond acceptors (Lipinski definition) is 5. The van der Waals surface area contributed by atoms with E-state index in [4.69, 9.17) is 4.74 Å². The highest BCUT2D eigenvalue weighted by Crippen LogP contribution is 2.53. The highest BCUT2D eigenvalue weighted by atomic mass is 16.6. The molecule has 1 saturated heterocycles. The van der Waals surface area contributed by atoms with E-state index in [0.717, 1.165) is 24.8 Å². The van der Waals surface area contributed by atoms with Crippen LogP contribution in [0.25, 0.3) is 0 Å².